The van der Waals surface area contributed by atoms with Crippen LogP contribution in [0.4, 0.5) is 0 Å². The van der Waals surface area contributed by atoms with Gasteiger partial charge in [-0.1, -0.05) is 29.3 Å². The average molecular weight is 285 g/mol. The Morgan fingerprint density at radius 3 is 2.94 bits per heavy atom. The molecule has 1 aliphatic rings. The number of nitrogens with zero attached hydrogens (tertiary/aromatic N) is 1. The maximum atomic E-state index is 8.89. The summed E-state index contributed by atoms with van der Waals surface area (Å²) in [6, 6.07) is 7.72. The number of nitriles is 1. The molecule has 0 radical (unpaired) electrons. The molecule has 3 nitrogen and oxygen atoms in total. The number of halogens is 2. The summed E-state index contributed by atoms with van der Waals surface area (Å²) in [5.74, 6) is 0.134. The molecule has 1 fully saturated rings. The second-order valence-corrected chi connectivity index (χ2v) is 5.11. The molecule has 0 aliphatic carbocycles. The lowest BCUT2D eigenvalue weighted by Gasteiger charge is -2.23. The van der Waals surface area contributed by atoms with Crippen LogP contribution in [0.25, 0.3) is 0 Å². The van der Waals surface area contributed by atoms with Crippen molar-refractivity contribution in [1.82, 2.24) is 5.32 Å². The van der Waals surface area contributed by atoms with Gasteiger partial charge in [-0.3, -0.25) is 0 Å². The van der Waals surface area contributed by atoms with E-state index in [0.717, 1.165) is 18.7 Å². The van der Waals surface area contributed by atoms with E-state index in [9.17, 15) is 0 Å². The van der Waals surface area contributed by atoms with E-state index < -0.39 is 0 Å². The molecule has 2 atom stereocenters. The first-order valence-electron chi connectivity index (χ1n) is 5.86. The van der Waals surface area contributed by atoms with E-state index >= 15 is 0 Å². The zero-order chi connectivity index (χ0) is 13.0. The molecule has 96 valence electrons. The van der Waals surface area contributed by atoms with Crippen molar-refractivity contribution in [3.05, 3.63) is 33.8 Å². The lowest BCUT2D eigenvalue weighted by molar-refractivity contribution is 0.0320. The Labute approximate surface area is 117 Å². The van der Waals surface area contributed by atoms with E-state index in [1.165, 1.54) is 0 Å². The largest absolute Gasteiger partial charge is 0.372 e. The number of nitrogens with one attached hydrogen (secondary N) is 1. The zero-order valence-electron chi connectivity index (χ0n) is 9.83. The summed E-state index contributed by atoms with van der Waals surface area (Å²) in [6.45, 7) is 2.21. The molecule has 0 spiro atoms. The lowest BCUT2D eigenvalue weighted by Crippen LogP contribution is -2.24. The predicted molar refractivity (Wildman–Crippen MR) is 71.7 cm³/mol. The van der Waals surface area contributed by atoms with E-state index in [-0.39, 0.29) is 12.0 Å². The van der Waals surface area contributed by atoms with Crippen molar-refractivity contribution in [1.29, 1.82) is 5.26 Å². The highest BCUT2D eigenvalue weighted by molar-refractivity contribution is 6.42. The first-order chi connectivity index (χ1) is 8.72. The van der Waals surface area contributed by atoms with Crippen LogP contribution in [-0.2, 0) is 4.74 Å². The third kappa shape index (κ3) is 3.15. The molecule has 0 amide bonds. The quantitative estimate of drug-likeness (QED) is 0.907. The Balaban J connectivity index is 2.26. The molecule has 1 heterocycles. The second-order valence-electron chi connectivity index (χ2n) is 4.29. The van der Waals surface area contributed by atoms with Crippen molar-refractivity contribution in [2.24, 2.45) is 5.92 Å². The van der Waals surface area contributed by atoms with E-state index in [0.29, 0.717) is 23.1 Å². The Morgan fingerprint density at radius 2 is 2.22 bits per heavy atom. The molecular weight excluding hydrogens is 271 g/mol. The summed E-state index contributed by atoms with van der Waals surface area (Å²) >= 11 is 11.9. The molecule has 0 bridgehead atoms. The van der Waals surface area contributed by atoms with Gasteiger partial charge >= 0.3 is 0 Å². The van der Waals surface area contributed by atoms with Crippen LogP contribution in [0, 0.1) is 17.2 Å². The number of hydrogen-bond acceptors (Lipinski definition) is 3. The van der Waals surface area contributed by atoms with Crippen LogP contribution in [0.1, 0.15) is 18.1 Å². The van der Waals surface area contributed by atoms with Gasteiger partial charge in [0.2, 0.25) is 0 Å². The molecule has 1 aromatic carbocycles. The lowest BCUT2D eigenvalue weighted by atomic mass is 9.93. The van der Waals surface area contributed by atoms with Crippen LogP contribution < -0.4 is 5.32 Å². The Bertz CT molecular complexity index is 459. The molecule has 1 aliphatic heterocycles. The monoisotopic (exact) mass is 284 g/mol. The number of rotatable bonds is 2. The number of hydrogen-bond donors (Lipinski definition) is 1. The summed E-state index contributed by atoms with van der Waals surface area (Å²) in [7, 11) is 0. The summed E-state index contributed by atoms with van der Waals surface area (Å²) in [5.41, 5.74) is 0.980. The van der Waals surface area contributed by atoms with Crippen molar-refractivity contribution in [3.8, 4) is 6.07 Å². The summed E-state index contributed by atoms with van der Waals surface area (Å²) in [4.78, 5) is 0. The zero-order valence-corrected chi connectivity index (χ0v) is 11.3. The average Bonchev–Trinajstić information content (AvgIpc) is 2.59. The standard InChI is InChI=1S/C13H14Cl2N2O/c14-11-2-1-9(7-12(11)15)13-10(3-4-16)8-17-5-6-18-13/h1-2,7,10,13,17H,3,5-6,8H2/t10-,13+/m1/s1. The van der Waals surface area contributed by atoms with Crippen LogP contribution in [-0.4, -0.2) is 19.7 Å². The van der Waals surface area contributed by atoms with Gasteiger partial charge in [0, 0.05) is 25.4 Å². The highest BCUT2D eigenvalue weighted by atomic mass is 35.5. The topological polar surface area (TPSA) is 45.0 Å². The van der Waals surface area contributed by atoms with E-state index in [1.54, 1.807) is 6.07 Å². The minimum atomic E-state index is -0.102. The Morgan fingerprint density at radius 1 is 1.39 bits per heavy atom. The van der Waals surface area contributed by atoms with Gasteiger partial charge in [0.05, 0.1) is 28.8 Å². The molecule has 18 heavy (non-hydrogen) atoms. The predicted octanol–water partition coefficient (Wildman–Crippen LogP) is 3.18. The SMILES string of the molecule is N#CC[C@@H]1CNCCO[C@H]1c1ccc(Cl)c(Cl)c1. The van der Waals surface area contributed by atoms with Crippen LogP contribution in [0.2, 0.25) is 10.0 Å². The van der Waals surface area contributed by atoms with E-state index in [1.807, 2.05) is 12.1 Å². The third-order valence-corrected chi connectivity index (χ3v) is 3.78. The minimum absolute atomic E-state index is 0.102. The van der Waals surface area contributed by atoms with Crippen LogP contribution in [0.3, 0.4) is 0 Å². The molecule has 0 aromatic heterocycles. The highest BCUT2D eigenvalue weighted by Gasteiger charge is 2.26. The van der Waals surface area contributed by atoms with Crippen LogP contribution >= 0.6 is 23.2 Å². The summed E-state index contributed by atoms with van der Waals surface area (Å²) in [5, 5.41) is 13.2. The van der Waals surface area contributed by atoms with Crippen LogP contribution in [0.5, 0.6) is 0 Å². The van der Waals surface area contributed by atoms with Crippen molar-refractivity contribution in [3.63, 3.8) is 0 Å². The molecule has 1 saturated heterocycles. The maximum Gasteiger partial charge on any atom is 0.0876 e. The molecule has 2 rings (SSSR count). The van der Waals surface area contributed by atoms with E-state index in [2.05, 4.69) is 11.4 Å². The first kappa shape index (κ1) is 13.6. The van der Waals surface area contributed by atoms with Gasteiger partial charge in [0.1, 0.15) is 0 Å². The summed E-state index contributed by atoms with van der Waals surface area (Å²) in [6.07, 6.45) is 0.354. The van der Waals surface area contributed by atoms with E-state index in [4.69, 9.17) is 33.2 Å². The first-order valence-corrected chi connectivity index (χ1v) is 6.62. The van der Waals surface area contributed by atoms with Crippen molar-refractivity contribution in [2.45, 2.75) is 12.5 Å². The van der Waals surface area contributed by atoms with Crippen molar-refractivity contribution < 1.29 is 4.74 Å². The van der Waals surface area contributed by atoms with Crippen molar-refractivity contribution in [2.75, 3.05) is 19.7 Å². The van der Waals surface area contributed by atoms with Gasteiger partial charge in [-0.15, -0.1) is 0 Å². The maximum absolute atomic E-state index is 8.89. The third-order valence-electron chi connectivity index (χ3n) is 3.04. The van der Waals surface area contributed by atoms with Gasteiger partial charge in [-0.2, -0.15) is 5.26 Å². The number of ether oxygens (including phenoxy) is 1. The van der Waals surface area contributed by atoms with Crippen LogP contribution in [0.15, 0.2) is 18.2 Å². The number of benzene rings is 1. The molecule has 0 saturated carbocycles. The van der Waals surface area contributed by atoms with Gasteiger partial charge in [0.15, 0.2) is 0 Å². The molecule has 1 N–H and O–H groups in total. The van der Waals surface area contributed by atoms with Gasteiger partial charge in [-0.25, -0.2) is 0 Å². The fourth-order valence-corrected chi connectivity index (χ4v) is 2.45. The Hall–Kier alpha value is -0.790. The van der Waals surface area contributed by atoms with Crippen molar-refractivity contribution >= 4 is 23.2 Å². The molecule has 5 heteroatoms. The molecule has 1 aromatic rings. The minimum Gasteiger partial charge on any atom is -0.372 e. The normalized spacial score (nSPS) is 24.3. The highest BCUT2D eigenvalue weighted by Crippen LogP contribution is 2.33. The van der Waals surface area contributed by atoms with Gasteiger partial charge in [-0.05, 0) is 17.7 Å². The smallest absolute Gasteiger partial charge is 0.0876 e. The fourth-order valence-electron chi connectivity index (χ4n) is 2.14. The molecule has 0 unspecified atom stereocenters. The fraction of sp³-hybridized carbons (Fsp3) is 0.462. The molecular formula is C13H14Cl2N2O. The van der Waals surface area contributed by atoms with Gasteiger partial charge < -0.3 is 10.1 Å². The Kier molecular flexibility index (Phi) is 4.85. The summed E-state index contributed by atoms with van der Waals surface area (Å²) < 4.78 is 5.83. The second kappa shape index (κ2) is 6.40. The van der Waals surface area contributed by atoms with Gasteiger partial charge in [0.25, 0.3) is 0 Å².